The molecule has 0 unspecified atom stereocenters. The van der Waals surface area contributed by atoms with Gasteiger partial charge in [0.25, 0.3) is 11.8 Å². The van der Waals surface area contributed by atoms with Gasteiger partial charge < -0.3 is 9.64 Å². The number of carbonyl (C=O) groups excluding carboxylic acids is 2. The lowest BCUT2D eigenvalue weighted by Gasteiger charge is -2.22. The second-order valence-electron chi connectivity index (χ2n) is 8.04. The number of nitrogens with zero attached hydrogens (tertiary/aromatic N) is 2. The molecule has 0 radical (unpaired) electrons. The average molecular weight is 427 g/mol. The Morgan fingerprint density at radius 2 is 1.41 bits per heavy atom. The Morgan fingerprint density at radius 3 is 2.00 bits per heavy atom. The van der Waals surface area contributed by atoms with Crippen molar-refractivity contribution >= 4 is 23.1 Å². The first-order chi connectivity index (χ1) is 15.5. The highest BCUT2D eigenvalue weighted by molar-refractivity contribution is 6.45. The standard InChI is InChI=1S/C27H26N2O3/c1-19(2)32-23-16-14-22(15-17-23)29-26(30)24(21-12-8-5-9-13-21)25(27(29)31)28(3)18-20-10-6-4-7-11-20/h4-17,19H,18H2,1-3H3. The van der Waals surface area contributed by atoms with Crippen molar-refractivity contribution in [2.24, 2.45) is 0 Å². The molecular weight excluding hydrogens is 400 g/mol. The first-order valence-corrected chi connectivity index (χ1v) is 10.7. The minimum atomic E-state index is -0.329. The largest absolute Gasteiger partial charge is 0.491 e. The van der Waals surface area contributed by atoms with Crippen molar-refractivity contribution in [2.45, 2.75) is 26.5 Å². The molecule has 0 fully saturated rings. The van der Waals surface area contributed by atoms with E-state index in [-0.39, 0.29) is 17.9 Å². The molecule has 1 aliphatic heterocycles. The summed E-state index contributed by atoms with van der Waals surface area (Å²) in [5.41, 5.74) is 3.11. The first-order valence-electron chi connectivity index (χ1n) is 10.7. The summed E-state index contributed by atoms with van der Waals surface area (Å²) in [7, 11) is 1.85. The fourth-order valence-corrected chi connectivity index (χ4v) is 3.85. The minimum Gasteiger partial charge on any atom is -0.491 e. The summed E-state index contributed by atoms with van der Waals surface area (Å²) in [6.07, 6.45) is 0.0421. The molecule has 32 heavy (non-hydrogen) atoms. The molecule has 0 saturated heterocycles. The number of anilines is 1. The molecule has 1 heterocycles. The van der Waals surface area contributed by atoms with E-state index >= 15 is 0 Å². The van der Waals surface area contributed by atoms with Crippen LogP contribution < -0.4 is 9.64 Å². The second kappa shape index (κ2) is 9.10. The van der Waals surface area contributed by atoms with E-state index in [2.05, 4.69) is 0 Å². The van der Waals surface area contributed by atoms with Crippen molar-refractivity contribution in [1.82, 2.24) is 4.90 Å². The number of rotatable bonds is 7. The van der Waals surface area contributed by atoms with E-state index in [9.17, 15) is 9.59 Å². The lowest BCUT2D eigenvalue weighted by atomic mass is 10.0. The van der Waals surface area contributed by atoms with Gasteiger partial charge in [0.05, 0.1) is 17.4 Å². The summed E-state index contributed by atoms with van der Waals surface area (Å²) < 4.78 is 5.69. The van der Waals surface area contributed by atoms with Gasteiger partial charge in [-0.25, -0.2) is 4.90 Å². The number of carbonyl (C=O) groups is 2. The van der Waals surface area contributed by atoms with Crippen LogP contribution in [-0.2, 0) is 16.1 Å². The van der Waals surface area contributed by atoms with E-state index in [1.807, 2.05) is 86.5 Å². The van der Waals surface area contributed by atoms with Crippen LogP contribution in [-0.4, -0.2) is 29.9 Å². The third-order valence-corrected chi connectivity index (χ3v) is 5.23. The fourth-order valence-electron chi connectivity index (χ4n) is 3.85. The van der Waals surface area contributed by atoms with Crippen molar-refractivity contribution in [3.05, 3.63) is 102 Å². The second-order valence-corrected chi connectivity index (χ2v) is 8.04. The Labute approximate surface area is 188 Å². The maximum Gasteiger partial charge on any atom is 0.282 e. The highest BCUT2D eigenvalue weighted by Gasteiger charge is 2.41. The summed E-state index contributed by atoms with van der Waals surface area (Å²) in [5, 5.41) is 0. The Kier molecular flexibility index (Phi) is 6.08. The van der Waals surface area contributed by atoms with E-state index in [0.717, 1.165) is 11.1 Å². The van der Waals surface area contributed by atoms with Crippen LogP contribution in [0, 0.1) is 0 Å². The Hall–Kier alpha value is -3.86. The molecule has 4 rings (SSSR count). The highest BCUT2D eigenvalue weighted by Crippen LogP contribution is 2.35. The van der Waals surface area contributed by atoms with Gasteiger partial charge in [-0.3, -0.25) is 9.59 Å². The van der Waals surface area contributed by atoms with Crippen molar-refractivity contribution in [3.63, 3.8) is 0 Å². The predicted octanol–water partition coefficient (Wildman–Crippen LogP) is 4.89. The van der Waals surface area contributed by atoms with Crippen LogP contribution in [0.4, 0.5) is 5.69 Å². The van der Waals surface area contributed by atoms with Gasteiger partial charge in [-0.05, 0) is 49.2 Å². The van der Waals surface area contributed by atoms with Crippen molar-refractivity contribution in [2.75, 3.05) is 11.9 Å². The zero-order valence-electron chi connectivity index (χ0n) is 18.5. The quantitative estimate of drug-likeness (QED) is 0.505. The Morgan fingerprint density at radius 1 is 0.812 bits per heavy atom. The molecule has 162 valence electrons. The van der Waals surface area contributed by atoms with Crippen LogP contribution in [0.15, 0.2) is 90.6 Å². The smallest absolute Gasteiger partial charge is 0.282 e. The number of imide groups is 1. The van der Waals surface area contributed by atoms with E-state index < -0.39 is 0 Å². The van der Waals surface area contributed by atoms with Crippen LogP contribution in [0.3, 0.4) is 0 Å². The SMILES string of the molecule is CC(C)Oc1ccc(N2C(=O)C(c3ccccc3)=C(N(C)Cc3ccccc3)C2=O)cc1. The van der Waals surface area contributed by atoms with Gasteiger partial charge in [-0.2, -0.15) is 0 Å². The zero-order valence-corrected chi connectivity index (χ0v) is 18.5. The van der Waals surface area contributed by atoms with E-state index in [0.29, 0.717) is 29.3 Å². The van der Waals surface area contributed by atoms with E-state index in [1.165, 1.54) is 4.90 Å². The van der Waals surface area contributed by atoms with Gasteiger partial charge in [0, 0.05) is 13.6 Å². The molecule has 0 aliphatic carbocycles. The first kappa shape index (κ1) is 21.4. The zero-order chi connectivity index (χ0) is 22.7. The maximum absolute atomic E-state index is 13.6. The third kappa shape index (κ3) is 4.28. The number of hydrogen-bond donors (Lipinski definition) is 0. The summed E-state index contributed by atoms with van der Waals surface area (Å²) in [6.45, 7) is 4.42. The number of amides is 2. The number of benzene rings is 3. The minimum absolute atomic E-state index is 0.0421. The van der Waals surface area contributed by atoms with Gasteiger partial charge in [-0.1, -0.05) is 60.7 Å². The van der Waals surface area contributed by atoms with Crippen LogP contribution in [0.25, 0.3) is 5.57 Å². The van der Waals surface area contributed by atoms with Gasteiger partial charge in [0.2, 0.25) is 0 Å². The molecule has 1 aliphatic rings. The Balaban J connectivity index is 1.71. The van der Waals surface area contributed by atoms with Gasteiger partial charge in [-0.15, -0.1) is 0 Å². The van der Waals surface area contributed by atoms with Crippen LogP contribution >= 0.6 is 0 Å². The van der Waals surface area contributed by atoms with E-state index in [1.54, 1.807) is 24.3 Å². The molecular formula is C27H26N2O3. The number of ether oxygens (including phenoxy) is 1. The Bertz CT molecular complexity index is 1140. The maximum atomic E-state index is 13.6. The third-order valence-electron chi connectivity index (χ3n) is 5.23. The molecule has 0 atom stereocenters. The lowest BCUT2D eigenvalue weighted by Crippen LogP contribution is -2.34. The lowest BCUT2D eigenvalue weighted by molar-refractivity contribution is -0.120. The molecule has 2 amide bonds. The molecule has 0 N–H and O–H groups in total. The number of likely N-dealkylation sites (N-methyl/N-ethyl adjacent to an activating group) is 1. The predicted molar refractivity (Wildman–Crippen MR) is 126 cm³/mol. The molecule has 0 spiro atoms. The van der Waals surface area contributed by atoms with Gasteiger partial charge in [0.1, 0.15) is 11.4 Å². The summed E-state index contributed by atoms with van der Waals surface area (Å²) in [4.78, 5) is 30.2. The molecule has 5 heteroatoms. The molecule has 5 nitrogen and oxygen atoms in total. The molecule has 0 bridgehead atoms. The number of hydrogen-bond acceptors (Lipinski definition) is 4. The monoisotopic (exact) mass is 426 g/mol. The van der Waals surface area contributed by atoms with Crippen LogP contribution in [0.2, 0.25) is 0 Å². The summed E-state index contributed by atoms with van der Waals surface area (Å²) in [5.74, 6) is 0.0407. The fraction of sp³-hybridized carbons (Fsp3) is 0.185. The van der Waals surface area contributed by atoms with Crippen LogP contribution in [0.5, 0.6) is 5.75 Å². The average Bonchev–Trinajstić information content (AvgIpc) is 3.05. The van der Waals surface area contributed by atoms with Gasteiger partial charge in [0.15, 0.2) is 0 Å². The summed E-state index contributed by atoms with van der Waals surface area (Å²) >= 11 is 0. The highest BCUT2D eigenvalue weighted by atomic mass is 16.5. The summed E-state index contributed by atoms with van der Waals surface area (Å²) in [6, 6.07) is 26.3. The van der Waals surface area contributed by atoms with Crippen molar-refractivity contribution < 1.29 is 14.3 Å². The molecule has 0 aromatic heterocycles. The van der Waals surface area contributed by atoms with E-state index in [4.69, 9.17) is 4.74 Å². The molecule has 3 aromatic rings. The molecule has 3 aromatic carbocycles. The van der Waals surface area contributed by atoms with Crippen molar-refractivity contribution in [3.8, 4) is 5.75 Å². The molecule has 0 saturated carbocycles. The van der Waals surface area contributed by atoms with Gasteiger partial charge >= 0.3 is 0 Å². The van der Waals surface area contributed by atoms with Crippen LogP contribution in [0.1, 0.15) is 25.0 Å². The normalized spacial score (nSPS) is 13.8. The topological polar surface area (TPSA) is 49.9 Å². The van der Waals surface area contributed by atoms with Crippen molar-refractivity contribution in [1.29, 1.82) is 0 Å².